The molecule has 2 aromatic carbocycles. The van der Waals surface area contributed by atoms with E-state index in [1.807, 2.05) is 18.2 Å². The molecule has 0 aliphatic heterocycles. The Balaban J connectivity index is 0.000000501. The normalized spacial score (nSPS) is 13.0. The fourth-order valence-electron chi connectivity index (χ4n) is 3.38. The van der Waals surface area contributed by atoms with Crippen molar-refractivity contribution in [1.82, 2.24) is 0 Å². The van der Waals surface area contributed by atoms with Gasteiger partial charge in [0.15, 0.2) is 0 Å². The third-order valence-electron chi connectivity index (χ3n) is 5.50. The molecule has 0 saturated heterocycles. The van der Waals surface area contributed by atoms with Crippen molar-refractivity contribution in [3.8, 4) is 0 Å². The van der Waals surface area contributed by atoms with Gasteiger partial charge in [-0.15, -0.1) is 0 Å². The smallest absolute Gasteiger partial charge is 0.320 e. The van der Waals surface area contributed by atoms with Crippen molar-refractivity contribution in [2.24, 2.45) is 17.2 Å². The predicted molar refractivity (Wildman–Crippen MR) is 153 cm³/mol. The maximum absolute atomic E-state index is 10.6. The van der Waals surface area contributed by atoms with E-state index in [2.05, 4.69) is 5.32 Å². The Morgan fingerprint density at radius 3 is 1.97 bits per heavy atom. The average Bonchev–Trinajstić information content (AvgIpc) is 2.91. The maximum Gasteiger partial charge on any atom is 0.320 e. The van der Waals surface area contributed by atoms with Crippen LogP contribution in [0.15, 0.2) is 54.6 Å². The van der Waals surface area contributed by atoms with Crippen molar-refractivity contribution in [1.29, 1.82) is 0 Å². The van der Waals surface area contributed by atoms with Gasteiger partial charge < -0.3 is 32.7 Å². The van der Waals surface area contributed by atoms with Gasteiger partial charge in [-0.1, -0.05) is 56.0 Å². The molecule has 3 rings (SSSR count). The van der Waals surface area contributed by atoms with Crippen molar-refractivity contribution in [2.75, 3.05) is 11.9 Å². The topological polar surface area (TPSA) is 199 Å². The number of unbranched alkanes of at least 4 members (excludes halogenated alkanes) is 1. The number of nitrogens with two attached hydrogens (primary N) is 3. The van der Waals surface area contributed by atoms with Gasteiger partial charge in [0.25, 0.3) is 0 Å². The van der Waals surface area contributed by atoms with Gasteiger partial charge in [-0.05, 0) is 62.1 Å². The quantitative estimate of drug-likeness (QED) is 0.202. The molecule has 1 amide bonds. The average molecular weight is 545 g/mol. The van der Waals surface area contributed by atoms with E-state index in [9.17, 15) is 19.2 Å². The molecule has 1 aliphatic rings. The molecular formula is C29H44N4O6. The van der Waals surface area contributed by atoms with Crippen LogP contribution >= 0.6 is 0 Å². The van der Waals surface area contributed by atoms with Crippen LogP contribution in [0.5, 0.6) is 0 Å². The van der Waals surface area contributed by atoms with Crippen molar-refractivity contribution in [3.63, 3.8) is 0 Å². The highest BCUT2D eigenvalue weighted by Crippen LogP contribution is 2.14. The number of carbonyl (C=O) groups is 4. The summed E-state index contributed by atoms with van der Waals surface area (Å²) in [5.41, 5.74) is 18.2. The lowest BCUT2D eigenvalue weighted by molar-refractivity contribution is -0.139. The summed E-state index contributed by atoms with van der Waals surface area (Å²) in [6.45, 7) is 2.04. The van der Waals surface area contributed by atoms with E-state index >= 15 is 0 Å². The van der Waals surface area contributed by atoms with Gasteiger partial charge in [0.2, 0.25) is 5.91 Å². The number of hydrogen-bond acceptors (Lipinski definition) is 7. The van der Waals surface area contributed by atoms with E-state index in [0.717, 1.165) is 24.7 Å². The Labute approximate surface area is 231 Å². The minimum Gasteiger partial charge on any atom is -0.481 e. The Morgan fingerprint density at radius 2 is 1.56 bits per heavy atom. The summed E-state index contributed by atoms with van der Waals surface area (Å²) in [5, 5.41) is 19.3. The summed E-state index contributed by atoms with van der Waals surface area (Å²) >= 11 is 0. The zero-order valence-corrected chi connectivity index (χ0v) is 22.8. The highest BCUT2D eigenvalue weighted by atomic mass is 16.4. The highest BCUT2D eigenvalue weighted by molar-refractivity contribution is 5.89. The molecule has 216 valence electrons. The second-order valence-electron chi connectivity index (χ2n) is 9.10. The molecule has 1 atom stereocenters. The van der Waals surface area contributed by atoms with Crippen molar-refractivity contribution >= 4 is 29.8 Å². The number of aldehydes is 1. The van der Waals surface area contributed by atoms with Crippen LogP contribution in [0.3, 0.4) is 0 Å². The van der Waals surface area contributed by atoms with E-state index < -0.39 is 18.0 Å². The van der Waals surface area contributed by atoms with Gasteiger partial charge in [-0.25, -0.2) is 0 Å². The number of amides is 1. The molecule has 0 aromatic heterocycles. The monoisotopic (exact) mass is 544 g/mol. The molecule has 0 unspecified atom stereocenters. The van der Waals surface area contributed by atoms with Gasteiger partial charge >= 0.3 is 11.9 Å². The molecule has 0 radical (unpaired) electrons. The molecule has 0 heterocycles. The molecule has 1 saturated carbocycles. The highest BCUT2D eigenvalue weighted by Gasteiger charge is 2.09. The van der Waals surface area contributed by atoms with E-state index in [0.29, 0.717) is 30.3 Å². The molecule has 1 aliphatic carbocycles. The van der Waals surface area contributed by atoms with Crippen LogP contribution in [-0.4, -0.2) is 53.0 Å². The summed E-state index contributed by atoms with van der Waals surface area (Å²) in [5.74, 6) is -1.84. The van der Waals surface area contributed by atoms with Crippen molar-refractivity contribution in [2.45, 2.75) is 76.8 Å². The Bertz CT molecular complexity index is 948. The first kappa shape index (κ1) is 35.4. The number of hydrogen-bond donors (Lipinski definition) is 6. The van der Waals surface area contributed by atoms with Gasteiger partial charge in [-0.2, -0.15) is 0 Å². The second-order valence-corrected chi connectivity index (χ2v) is 9.10. The molecule has 2 aromatic rings. The van der Waals surface area contributed by atoms with Gasteiger partial charge in [0, 0.05) is 24.2 Å². The first-order chi connectivity index (χ1) is 18.6. The number of rotatable bonds is 9. The second kappa shape index (κ2) is 22.4. The largest absolute Gasteiger partial charge is 0.481 e. The number of carboxylic acid groups (broad SMARTS) is 2. The lowest BCUT2D eigenvalue weighted by atomic mass is 9.97. The van der Waals surface area contributed by atoms with Crippen LogP contribution in [0.1, 0.15) is 74.2 Å². The Kier molecular flexibility index (Phi) is 20.3. The predicted octanol–water partition coefficient (Wildman–Crippen LogP) is 3.58. The van der Waals surface area contributed by atoms with Gasteiger partial charge in [-0.3, -0.25) is 19.2 Å². The van der Waals surface area contributed by atoms with Crippen LogP contribution in [0.25, 0.3) is 0 Å². The van der Waals surface area contributed by atoms with E-state index in [-0.39, 0.29) is 12.3 Å². The summed E-state index contributed by atoms with van der Waals surface area (Å²) in [6.07, 6.45) is 9.70. The number of nitrogens with one attached hydrogen (secondary N) is 1. The molecule has 10 heteroatoms. The molecule has 1 fully saturated rings. The summed E-state index contributed by atoms with van der Waals surface area (Å²) in [4.78, 5) is 41.1. The minimum atomic E-state index is -0.933. The van der Waals surface area contributed by atoms with Crippen LogP contribution in [0.2, 0.25) is 0 Å². The Hall–Kier alpha value is -3.60. The number of anilines is 1. The van der Waals surface area contributed by atoms with Gasteiger partial charge in [0.05, 0.1) is 6.42 Å². The SMILES string of the molecule is CC(=O)Nc1ccc(C=O)cc1.NC1CCCCC1.NCCCC[C@H](N)C(=O)O.O=C(O)Cc1ccccc1. The number of aliphatic carboxylic acids is 2. The molecule has 0 bridgehead atoms. The lowest BCUT2D eigenvalue weighted by Gasteiger charge is -2.15. The standard InChI is InChI=1S/C9H9NO2.C8H8O2.C6H14N2O2.C6H13N/c1-7(12)10-9-4-2-8(6-11)3-5-9;9-8(10)6-7-4-2-1-3-5-7;7-4-2-1-3-5(8)6(9)10;7-6-4-2-1-3-5-6/h2-6H,1H3,(H,10,12);1-5H,6H2,(H,9,10);5H,1-4,7-8H2,(H,9,10);6H,1-5,7H2/t;;5-;/m..0./s1. The zero-order chi connectivity index (χ0) is 29.5. The third-order valence-corrected chi connectivity index (χ3v) is 5.50. The summed E-state index contributed by atoms with van der Waals surface area (Å²) in [7, 11) is 0. The lowest BCUT2D eigenvalue weighted by Crippen LogP contribution is -2.29. The van der Waals surface area contributed by atoms with Crippen LogP contribution < -0.4 is 22.5 Å². The minimum absolute atomic E-state index is 0.112. The third kappa shape index (κ3) is 21.1. The van der Waals surface area contributed by atoms with Crippen LogP contribution in [-0.2, 0) is 20.8 Å². The van der Waals surface area contributed by atoms with E-state index in [1.165, 1.54) is 39.0 Å². The fraction of sp³-hybridized carbons (Fsp3) is 0.448. The summed E-state index contributed by atoms with van der Waals surface area (Å²) in [6, 6.07) is 15.6. The van der Waals surface area contributed by atoms with Crippen molar-refractivity contribution in [3.05, 3.63) is 65.7 Å². The Morgan fingerprint density at radius 1 is 0.974 bits per heavy atom. The van der Waals surface area contributed by atoms with E-state index in [1.54, 1.807) is 36.4 Å². The molecular weight excluding hydrogens is 500 g/mol. The molecule has 0 spiro atoms. The molecule has 10 nitrogen and oxygen atoms in total. The first-order valence-corrected chi connectivity index (χ1v) is 13.1. The first-order valence-electron chi connectivity index (χ1n) is 13.1. The fourth-order valence-corrected chi connectivity index (χ4v) is 3.38. The molecule has 9 N–H and O–H groups in total. The zero-order valence-electron chi connectivity index (χ0n) is 22.8. The van der Waals surface area contributed by atoms with Crippen LogP contribution in [0.4, 0.5) is 5.69 Å². The maximum atomic E-state index is 10.6. The van der Waals surface area contributed by atoms with Gasteiger partial charge in [0.1, 0.15) is 12.3 Å². The molecule has 39 heavy (non-hydrogen) atoms. The number of carbonyl (C=O) groups excluding carboxylic acids is 2. The van der Waals surface area contributed by atoms with E-state index in [4.69, 9.17) is 27.4 Å². The van der Waals surface area contributed by atoms with Crippen LogP contribution in [0, 0.1) is 0 Å². The number of benzene rings is 2. The van der Waals surface area contributed by atoms with Crippen molar-refractivity contribution < 1.29 is 29.4 Å². The number of carboxylic acids is 2. The summed E-state index contributed by atoms with van der Waals surface area (Å²) < 4.78 is 0.